The molecule has 2 fully saturated rings. The van der Waals surface area contributed by atoms with Crippen LogP contribution in [0.25, 0.3) is 5.95 Å². The van der Waals surface area contributed by atoms with Crippen LogP contribution in [-0.4, -0.2) is 63.5 Å². The molecule has 0 aliphatic carbocycles. The van der Waals surface area contributed by atoms with Gasteiger partial charge in [0, 0.05) is 31.2 Å². The summed E-state index contributed by atoms with van der Waals surface area (Å²) in [6.07, 6.45) is 7.74. The first-order valence-electron chi connectivity index (χ1n) is 8.38. The van der Waals surface area contributed by atoms with E-state index in [0.29, 0.717) is 24.8 Å². The fraction of sp³-hybridized carbons (Fsp3) is 0.500. The van der Waals surface area contributed by atoms with Crippen molar-refractivity contribution in [3.05, 3.63) is 24.8 Å². The van der Waals surface area contributed by atoms with E-state index in [1.54, 1.807) is 17.1 Å². The van der Waals surface area contributed by atoms with Gasteiger partial charge in [0.25, 0.3) is 5.95 Å². The van der Waals surface area contributed by atoms with Crippen molar-refractivity contribution in [2.75, 3.05) is 48.0 Å². The predicted octanol–water partition coefficient (Wildman–Crippen LogP) is 1.19. The van der Waals surface area contributed by atoms with E-state index >= 15 is 0 Å². The lowest BCUT2D eigenvalue weighted by Crippen LogP contribution is -2.32. The second-order valence-corrected chi connectivity index (χ2v) is 7.29. The summed E-state index contributed by atoms with van der Waals surface area (Å²) in [5, 5.41) is 7.11. The number of hydrogen-bond acceptors (Lipinski definition) is 7. The molecule has 0 spiro atoms. The SMILES string of the molecule is O=C(Nc1cnn(-c2ncc(N3CCSCC3)cn2)c1)C1CCOC1. The van der Waals surface area contributed by atoms with E-state index in [1.807, 2.05) is 24.2 Å². The van der Waals surface area contributed by atoms with E-state index < -0.39 is 0 Å². The number of thioether (sulfide) groups is 1. The van der Waals surface area contributed by atoms with Gasteiger partial charge in [-0.3, -0.25) is 4.79 Å². The lowest BCUT2D eigenvalue weighted by molar-refractivity contribution is -0.119. The average Bonchev–Trinajstić information content (AvgIpc) is 3.35. The number of carbonyl (C=O) groups excluding carboxylic acids is 1. The zero-order valence-electron chi connectivity index (χ0n) is 13.8. The number of amides is 1. The van der Waals surface area contributed by atoms with Crippen LogP contribution in [0.15, 0.2) is 24.8 Å². The zero-order valence-corrected chi connectivity index (χ0v) is 14.6. The summed E-state index contributed by atoms with van der Waals surface area (Å²) in [5.41, 5.74) is 1.67. The first-order valence-corrected chi connectivity index (χ1v) is 9.53. The molecule has 0 aromatic carbocycles. The van der Waals surface area contributed by atoms with Gasteiger partial charge in [-0.1, -0.05) is 0 Å². The summed E-state index contributed by atoms with van der Waals surface area (Å²) in [7, 11) is 0. The van der Waals surface area contributed by atoms with Gasteiger partial charge in [0.05, 0.1) is 48.7 Å². The highest BCUT2D eigenvalue weighted by Crippen LogP contribution is 2.19. The number of hydrogen-bond donors (Lipinski definition) is 1. The minimum atomic E-state index is -0.0819. The largest absolute Gasteiger partial charge is 0.381 e. The molecule has 2 aliphatic rings. The van der Waals surface area contributed by atoms with Crippen LogP contribution < -0.4 is 10.2 Å². The second kappa shape index (κ2) is 7.40. The standard InChI is InChI=1S/C16H20N6O2S/c23-15(12-1-4-24-11-12)20-13-7-19-22(10-13)16-17-8-14(9-18-16)21-2-5-25-6-3-21/h7-10,12H,1-6,11H2,(H,20,23). The van der Waals surface area contributed by atoms with Gasteiger partial charge in [0.1, 0.15) is 0 Å². The van der Waals surface area contributed by atoms with Gasteiger partial charge in [-0.2, -0.15) is 16.9 Å². The smallest absolute Gasteiger partial charge is 0.250 e. The summed E-state index contributed by atoms with van der Waals surface area (Å²) in [5.74, 6) is 2.64. The molecule has 1 atom stereocenters. The molecule has 4 rings (SSSR count). The first-order chi connectivity index (χ1) is 12.3. The molecule has 9 heteroatoms. The highest BCUT2D eigenvalue weighted by molar-refractivity contribution is 7.99. The number of aromatic nitrogens is 4. The molecule has 25 heavy (non-hydrogen) atoms. The Morgan fingerprint density at radius 2 is 2.04 bits per heavy atom. The summed E-state index contributed by atoms with van der Waals surface area (Å²) in [6.45, 7) is 3.18. The van der Waals surface area contributed by atoms with Gasteiger partial charge in [-0.05, 0) is 6.42 Å². The van der Waals surface area contributed by atoms with Crippen molar-refractivity contribution in [1.29, 1.82) is 0 Å². The third kappa shape index (κ3) is 3.77. The number of carbonyl (C=O) groups is 1. The Balaban J connectivity index is 1.41. The van der Waals surface area contributed by atoms with Gasteiger partial charge >= 0.3 is 0 Å². The van der Waals surface area contributed by atoms with Crippen LogP contribution in [0.4, 0.5) is 11.4 Å². The molecule has 8 nitrogen and oxygen atoms in total. The monoisotopic (exact) mass is 360 g/mol. The molecule has 4 heterocycles. The van der Waals surface area contributed by atoms with Crippen LogP contribution in [-0.2, 0) is 9.53 Å². The van der Waals surface area contributed by atoms with Crippen molar-refractivity contribution < 1.29 is 9.53 Å². The highest BCUT2D eigenvalue weighted by Gasteiger charge is 2.23. The van der Waals surface area contributed by atoms with Crippen molar-refractivity contribution >= 4 is 29.0 Å². The predicted molar refractivity (Wildman–Crippen MR) is 96.2 cm³/mol. The van der Waals surface area contributed by atoms with Crippen LogP contribution in [0.2, 0.25) is 0 Å². The van der Waals surface area contributed by atoms with E-state index in [0.717, 1.165) is 36.7 Å². The Labute approximate surface area is 150 Å². The van der Waals surface area contributed by atoms with Crippen molar-refractivity contribution in [1.82, 2.24) is 19.7 Å². The number of nitrogens with zero attached hydrogens (tertiary/aromatic N) is 5. The molecular weight excluding hydrogens is 340 g/mol. The number of ether oxygens (including phenoxy) is 1. The fourth-order valence-electron chi connectivity index (χ4n) is 2.90. The Morgan fingerprint density at radius 3 is 2.76 bits per heavy atom. The van der Waals surface area contributed by atoms with Crippen molar-refractivity contribution in [3.8, 4) is 5.95 Å². The van der Waals surface area contributed by atoms with Gasteiger partial charge in [-0.25, -0.2) is 14.6 Å². The average molecular weight is 360 g/mol. The van der Waals surface area contributed by atoms with Crippen LogP contribution in [0.5, 0.6) is 0 Å². The molecule has 1 unspecified atom stereocenters. The molecule has 0 radical (unpaired) electrons. The summed E-state index contributed by atoms with van der Waals surface area (Å²) in [6, 6.07) is 0. The third-order valence-electron chi connectivity index (χ3n) is 4.36. The van der Waals surface area contributed by atoms with E-state index in [4.69, 9.17) is 4.74 Å². The topological polar surface area (TPSA) is 85.2 Å². The molecule has 2 aliphatic heterocycles. The molecule has 0 saturated carbocycles. The number of anilines is 2. The fourth-order valence-corrected chi connectivity index (χ4v) is 3.80. The molecule has 2 aromatic rings. The lowest BCUT2D eigenvalue weighted by atomic mass is 10.1. The Bertz CT molecular complexity index is 722. The first kappa shape index (κ1) is 16.3. The van der Waals surface area contributed by atoms with Gasteiger partial charge in [0.2, 0.25) is 5.91 Å². The van der Waals surface area contributed by atoms with Gasteiger partial charge in [-0.15, -0.1) is 0 Å². The molecule has 1 N–H and O–H groups in total. The Morgan fingerprint density at radius 1 is 1.24 bits per heavy atom. The number of rotatable bonds is 4. The Kier molecular flexibility index (Phi) is 4.84. The van der Waals surface area contributed by atoms with Crippen LogP contribution in [0.1, 0.15) is 6.42 Å². The van der Waals surface area contributed by atoms with E-state index in [2.05, 4.69) is 25.3 Å². The quantitative estimate of drug-likeness (QED) is 0.876. The summed E-state index contributed by atoms with van der Waals surface area (Å²) >= 11 is 1.97. The molecule has 2 saturated heterocycles. The minimum absolute atomic E-state index is 0.0312. The molecule has 2 aromatic heterocycles. The van der Waals surface area contributed by atoms with Gasteiger partial charge < -0.3 is 15.0 Å². The highest BCUT2D eigenvalue weighted by atomic mass is 32.2. The molecule has 132 valence electrons. The van der Waals surface area contributed by atoms with Crippen LogP contribution >= 0.6 is 11.8 Å². The van der Waals surface area contributed by atoms with E-state index in [1.165, 1.54) is 0 Å². The normalized spacial score (nSPS) is 20.6. The van der Waals surface area contributed by atoms with E-state index in [9.17, 15) is 4.79 Å². The maximum absolute atomic E-state index is 12.1. The van der Waals surface area contributed by atoms with Gasteiger partial charge in [0.15, 0.2) is 0 Å². The Hall–Kier alpha value is -2.13. The van der Waals surface area contributed by atoms with Crippen LogP contribution in [0.3, 0.4) is 0 Å². The van der Waals surface area contributed by atoms with E-state index in [-0.39, 0.29) is 11.8 Å². The second-order valence-electron chi connectivity index (χ2n) is 6.06. The number of nitrogens with one attached hydrogen (secondary N) is 1. The maximum atomic E-state index is 12.1. The molecular formula is C16H20N6O2S. The van der Waals surface area contributed by atoms with Crippen LogP contribution in [0, 0.1) is 5.92 Å². The summed E-state index contributed by atoms with van der Waals surface area (Å²) in [4.78, 5) is 23.2. The third-order valence-corrected chi connectivity index (χ3v) is 5.30. The lowest BCUT2D eigenvalue weighted by Gasteiger charge is -2.27. The minimum Gasteiger partial charge on any atom is -0.381 e. The molecule has 1 amide bonds. The van der Waals surface area contributed by atoms with Crippen molar-refractivity contribution in [2.24, 2.45) is 5.92 Å². The molecule has 0 bridgehead atoms. The summed E-state index contributed by atoms with van der Waals surface area (Å²) < 4.78 is 6.81. The maximum Gasteiger partial charge on any atom is 0.250 e. The van der Waals surface area contributed by atoms with Crippen molar-refractivity contribution in [3.63, 3.8) is 0 Å². The van der Waals surface area contributed by atoms with Crippen molar-refractivity contribution in [2.45, 2.75) is 6.42 Å². The zero-order chi connectivity index (χ0) is 17.1.